The quantitative estimate of drug-likeness (QED) is 0.369. The lowest BCUT2D eigenvalue weighted by molar-refractivity contribution is -0.154. The number of pyridine rings is 2. The molecule has 37 heavy (non-hydrogen) atoms. The second-order valence-electron chi connectivity index (χ2n) is 8.39. The molecule has 202 valence electrons. The highest BCUT2D eigenvalue weighted by Crippen LogP contribution is 2.29. The predicted molar refractivity (Wildman–Crippen MR) is 129 cm³/mol. The predicted octanol–water partition coefficient (Wildman–Crippen LogP) is 5.18. The third-order valence-corrected chi connectivity index (χ3v) is 5.83. The van der Waals surface area contributed by atoms with E-state index in [1.165, 1.54) is 31.2 Å². The van der Waals surface area contributed by atoms with Crippen LogP contribution in [0, 0.1) is 18.7 Å². The average Bonchev–Trinajstić information content (AvgIpc) is 2.80. The summed E-state index contributed by atoms with van der Waals surface area (Å²) in [5.74, 6) is -2.46. The van der Waals surface area contributed by atoms with Gasteiger partial charge in [-0.05, 0) is 49.2 Å². The van der Waals surface area contributed by atoms with E-state index >= 15 is 0 Å². The molecular weight excluding hydrogens is 518 g/mol. The highest BCUT2D eigenvalue weighted by Gasteiger charge is 2.31. The maximum atomic E-state index is 14.2. The Morgan fingerprint density at radius 1 is 1.08 bits per heavy atom. The molecule has 0 fully saturated rings. The van der Waals surface area contributed by atoms with Crippen LogP contribution < -0.4 is 14.2 Å². The molecule has 0 bridgehead atoms. The molecule has 1 aromatic carbocycles. The summed E-state index contributed by atoms with van der Waals surface area (Å²) in [6.07, 6.45) is -4.78. The molecule has 1 N–H and O–H groups in total. The van der Waals surface area contributed by atoms with Gasteiger partial charge in [-0.3, -0.25) is 4.79 Å². The molecule has 0 aliphatic rings. The number of ether oxygens (including phenoxy) is 2. The molecule has 3 aromatic rings. The van der Waals surface area contributed by atoms with Gasteiger partial charge in [0.25, 0.3) is 15.9 Å². The third-order valence-electron chi connectivity index (χ3n) is 4.59. The maximum absolute atomic E-state index is 14.2. The second kappa shape index (κ2) is 11.1. The Kier molecular flexibility index (Phi) is 8.36. The van der Waals surface area contributed by atoms with Gasteiger partial charge >= 0.3 is 6.18 Å². The molecule has 3 rings (SSSR count). The number of amides is 1. The largest absolute Gasteiger partial charge is 0.493 e. The van der Waals surface area contributed by atoms with Crippen LogP contribution in [-0.2, 0) is 10.0 Å². The summed E-state index contributed by atoms with van der Waals surface area (Å²) < 4.78 is 89.9. The first-order chi connectivity index (χ1) is 17.2. The fourth-order valence-corrected chi connectivity index (χ4v) is 3.97. The number of carbonyl (C=O) groups excluding carboxylic acids is 1. The number of benzene rings is 1. The van der Waals surface area contributed by atoms with Crippen molar-refractivity contribution in [3.05, 3.63) is 65.6 Å². The van der Waals surface area contributed by atoms with Crippen molar-refractivity contribution in [2.75, 3.05) is 13.2 Å². The first-order valence-electron chi connectivity index (χ1n) is 10.9. The van der Waals surface area contributed by atoms with Crippen LogP contribution in [0.3, 0.4) is 0 Å². The molecule has 2 aromatic heterocycles. The number of hydrogen-bond donors (Lipinski definition) is 1. The molecule has 0 spiro atoms. The van der Waals surface area contributed by atoms with E-state index in [2.05, 4.69) is 9.97 Å². The van der Waals surface area contributed by atoms with Crippen LogP contribution in [-0.4, -0.2) is 43.7 Å². The zero-order chi connectivity index (χ0) is 27.4. The standard InChI is InChI=1S/C24H23F4N3O5S.2H2/c1-14(2)12-35-18-10-16(9-17(25)11-18)20-8-7-19(23(30-20)36-13-24(26,27)28)22(32)31-37(33,34)21-6-4-5-15(3)29-21;;/h4-11,14H,12-13H2,1-3H3,(H,31,32);2*1H. The maximum Gasteiger partial charge on any atom is 0.422 e. The lowest BCUT2D eigenvalue weighted by atomic mass is 10.1. The summed E-state index contributed by atoms with van der Waals surface area (Å²) in [4.78, 5) is 20.5. The van der Waals surface area contributed by atoms with E-state index in [1.807, 2.05) is 13.8 Å². The molecule has 0 aliphatic carbocycles. The van der Waals surface area contributed by atoms with Crippen LogP contribution in [0.15, 0.2) is 53.6 Å². The van der Waals surface area contributed by atoms with Gasteiger partial charge in [0.15, 0.2) is 11.6 Å². The van der Waals surface area contributed by atoms with E-state index in [9.17, 15) is 30.8 Å². The van der Waals surface area contributed by atoms with Gasteiger partial charge in [0.05, 0.1) is 12.3 Å². The minimum absolute atomic E-state index is 0. The number of aryl methyl sites for hydroxylation is 1. The number of sulfonamides is 1. The van der Waals surface area contributed by atoms with Crippen molar-refractivity contribution in [3.8, 4) is 22.9 Å². The molecule has 0 saturated carbocycles. The normalized spacial score (nSPS) is 11.9. The summed E-state index contributed by atoms with van der Waals surface area (Å²) in [5.41, 5.74) is -0.121. The van der Waals surface area contributed by atoms with Crippen molar-refractivity contribution in [1.82, 2.24) is 14.7 Å². The molecule has 0 atom stereocenters. The van der Waals surface area contributed by atoms with Gasteiger partial charge in [-0.1, -0.05) is 19.9 Å². The average molecular weight is 546 g/mol. The lowest BCUT2D eigenvalue weighted by Gasteiger charge is -2.15. The number of nitrogens with one attached hydrogen (secondary N) is 1. The van der Waals surface area contributed by atoms with Gasteiger partial charge in [-0.15, -0.1) is 0 Å². The van der Waals surface area contributed by atoms with Gasteiger partial charge in [0.2, 0.25) is 5.88 Å². The third kappa shape index (κ3) is 7.87. The van der Waals surface area contributed by atoms with Crippen LogP contribution in [0.25, 0.3) is 11.3 Å². The lowest BCUT2D eigenvalue weighted by Crippen LogP contribution is -2.32. The SMILES string of the molecule is Cc1cccc(S(=O)(=O)NC(=O)c2ccc(-c3cc(F)cc(OCC(C)C)c3)nc2OCC(F)(F)F)n1.[HH].[HH]. The fourth-order valence-electron chi connectivity index (χ4n) is 2.99. The number of carbonyl (C=O) groups is 1. The van der Waals surface area contributed by atoms with Crippen molar-refractivity contribution in [2.45, 2.75) is 32.0 Å². The first kappa shape index (κ1) is 27.8. The van der Waals surface area contributed by atoms with Crippen molar-refractivity contribution < 1.29 is 43.1 Å². The van der Waals surface area contributed by atoms with Gasteiger partial charge in [-0.25, -0.2) is 19.1 Å². The van der Waals surface area contributed by atoms with E-state index in [-0.39, 0.29) is 25.8 Å². The van der Waals surface area contributed by atoms with Crippen LogP contribution in [0.5, 0.6) is 11.6 Å². The molecular formula is C24H27F4N3O5S. The van der Waals surface area contributed by atoms with Crippen molar-refractivity contribution >= 4 is 15.9 Å². The summed E-state index contributed by atoms with van der Waals surface area (Å²) in [6.45, 7) is 3.82. The molecule has 0 unspecified atom stereocenters. The van der Waals surface area contributed by atoms with Crippen LogP contribution >= 0.6 is 0 Å². The van der Waals surface area contributed by atoms with Gasteiger partial charge < -0.3 is 9.47 Å². The van der Waals surface area contributed by atoms with Crippen LogP contribution in [0.4, 0.5) is 17.6 Å². The van der Waals surface area contributed by atoms with Gasteiger partial charge in [-0.2, -0.15) is 21.6 Å². The zero-order valence-corrected chi connectivity index (χ0v) is 20.8. The van der Waals surface area contributed by atoms with E-state index in [4.69, 9.17) is 9.47 Å². The summed E-state index contributed by atoms with van der Waals surface area (Å²) >= 11 is 0. The Morgan fingerprint density at radius 2 is 1.81 bits per heavy atom. The van der Waals surface area contributed by atoms with Crippen LogP contribution in [0.2, 0.25) is 0 Å². The van der Waals surface area contributed by atoms with Gasteiger partial charge in [0.1, 0.15) is 17.1 Å². The Hall–Kier alpha value is -3.74. The van der Waals surface area contributed by atoms with E-state index < -0.39 is 51.0 Å². The number of alkyl halides is 3. The van der Waals surface area contributed by atoms with Crippen molar-refractivity contribution in [2.24, 2.45) is 5.92 Å². The monoisotopic (exact) mass is 545 g/mol. The molecule has 2 heterocycles. The number of halogens is 4. The molecule has 8 nitrogen and oxygen atoms in total. The summed E-state index contributed by atoms with van der Waals surface area (Å²) in [7, 11) is -4.46. The molecule has 0 saturated heterocycles. The van der Waals surface area contributed by atoms with Gasteiger partial charge in [0, 0.05) is 20.2 Å². The molecule has 1 amide bonds. The highest BCUT2D eigenvalue weighted by molar-refractivity contribution is 7.90. The topological polar surface area (TPSA) is 107 Å². The Bertz CT molecular complexity index is 1410. The molecule has 0 radical (unpaired) electrons. The fraction of sp³-hybridized carbons (Fsp3) is 0.292. The van der Waals surface area contributed by atoms with Crippen LogP contribution in [0.1, 0.15) is 32.8 Å². The minimum atomic E-state index is -4.78. The molecule has 13 heteroatoms. The second-order valence-corrected chi connectivity index (χ2v) is 10.0. The van der Waals surface area contributed by atoms with Crippen molar-refractivity contribution in [3.63, 3.8) is 0 Å². The Labute approximate surface area is 213 Å². The van der Waals surface area contributed by atoms with E-state index in [1.54, 1.807) is 4.72 Å². The Balaban J connectivity index is 0.00000380. The van der Waals surface area contributed by atoms with E-state index in [0.717, 1.165) is 24.3 Å². The number of hydrogen-bond acceptors (Lipinski definition) is 7. The summed E-state index contributed by atoms with van der Waals surface area (Å²) in [5, 5.41) is -0.461. The zero-order valence-electron chi connectivity index (χ0n) is 20.0. The number of nitrogens with zero attached hydrogens (tertiary/aromatic N) is 2. The first-order valence-corrected chi connectivity index (χ1v) is 12.4. The number of aromatic nitrogens is 2. The Morgan fingerprint density at radius 3 is 2.46 bits per heavy atom. The summed E-state index contributed by atoms with van der Waals surface area (Å²) in [6, 6.07) is 9.98. The van der Waals surface area contributed by atoms with Crippen molar-refractivity contribution in [1.29, 1.82) is 0 Å². The smallest absolute Gasteiger partial charge is 0.422 e. The minimum Gasteiger partial charge on any atom is -0.493 e. The highest BCUT2D eigenvalue weighted by atomic mass is 32.2. The number of rotatable bonds is 9. The van der Waals surface area contributed by atoms with E-state index in [0.29, 0.717) is 12.3 Å². The molecule has 0 aliphatic heterocycles.